The molecule has 0 aliphatic carbocycles. The molecule has 0 aromatic heterocycles. The minimum Gasteiger partial charge on any atom is -0.481 e. The summed E-state index contributed by atoms with van der Waals surface area (Å²) < 4.78 is 0. The van der Waals surface area contributed by atoms with Gasteiger partial charge in [-0.3, -0.25) is 9.59 Å². The van der Waals surface area contributed by atoms with Crippen molar-refractivity contribution in [3.05, 3.63) is 0 Å². The van der Waals surface area contributed by atoms with Gasteiger partial charge in [-0.1, -0.05) is 0 Å². The van der Waals surface area contributed by atoms with Crippen molar-refractivity contribution in [3.63, 3.8) is 0 Å². The number of carboxylic acids is 3. The van der Waals surface area contributed by atoms with Gasteiger partial charge in [-0.25, -0.2) is 4.79 Å². The summed E-state index contributed by atoms with van der Waals surface area (Å²) in [4.78, 5) is 32.4. The first-order valence-corrected chi connectivity index (χ1v) is 5.20. The Labute approximate surface area is 109 Å². The quantitative estimate of drug-likeness (QED) is 0.366. The van der Waals surface area contributed by atoms with Gasteiger partial charge in [-0.15, -0.1) is 0 Å². The molecule has 112 valence electrons. The number of nitrogens with zero attached hydrogens (tertiary/aromatic N) is 1. The van der Waals surface area contributed by atoms with Crippen LogP contribution in [0.1, 0.15) is 12.8 Å². The highest BCUT2D eigenvalue weighted by Gasteiger charge is 2.40. The van der Waals surface area contributed by atoms with Crippen LogP contribution in [0.15, 0.2) is 0 Å². The van der Waals surface area contributed by atoms with Crippen LogP contribution in [-0.4, -0.2) is 81.2 Å². The van der Waals surface area contributed by atoms with Crippen LogP contribution in [0.2, 0.25) is 0 Å². The zero-order valence-corrected chi connectivity index (χ0v) is 10.7. The lowest BCUT2D eigenvalue weighted by Gasteiger charge is -2.18. The molecule has 0 aromatic rings. The molecule has 0 fully saturated rings. The second kappa shape index (κ2) is 9.25. The predicted octanol–water partition coefficient (Wildman–Crippen LogP) is -1.71. The van der Waals surface area contributed by atoms with E-state index >= 15 is 0 Å². The van der Waals surface area contributed by atoms with Crippen LogP contribution in [0.3, 0.4) is 0 Å². The summed E-state index contributed by atoms with van der Waals surface area (Å²) in [7, 11) is 3.85. The van der Waals surface area contributed by atoms with Crippen molar-refractivity contribution in [2.24, 2.45) is 0 Å². The van der Waals surface area contributed by atoms with E-state index in [2.05, 4.69) is 0 Å². The number of aliphatic hydroxyl groups excluding tert-OH is 1. The molecule has 9 heteroatoms. The van der Waals surface area contributed by atoms with Crippen molar-refractivity contribution in [2.75, 3.05) is 27.2 Å². The number of likely N-dealkylation sites (N-methyl/N-ethyl adjacent to an activating group) is 1. The third kappa shape index (κ3) is 11.1. The van der Waals surface area contributed by atoms with Crippen LogP contribution >= 0.6 is 0 Å². The highest BCUT2D eigenvalue weighted by molar-refractivity contribution is 5.88. The van der Waals surface area contributed by atoms with Gasteiger partial charge in [0.05, 0.1) is 19.4 Å². The standard InChI is InChI=1S/C6H8O7.C4H11NO/c7-3(8)1-6(13,5(11)12)2-4(9)10;1-5(2)3-4-6/h13H,1-2H2,(H,7,8)(H,9,10)(H,11,12);6H,3-4H2,1-2H3. The Balaban J connectivity index is 0. The average Bonchev–Trinajstić information content (AvgIpc) is 2.14. The average molecular weight is 281 g/mol. The number of hydrogen-bond acceptors (Lipinski definition) is 6. The molecular weight excluding hydrogens is 262 g/mol. The monoisotopic (exact) mass is 281 g/mol. The van der Waals surface area contributed by atoms with Gasteiger partial charge in [0.2, 0.25) is 0 Å². The van der Waals surface area contributed by atoms with E-state index in [1.54, 1.807) is 0 Å². The number of carboxylic acid groups (broad SMARTS) is 3. The van der Waals surface area contributed by atoms with E-state index in [4.69, 9.17) is 25.5 Å². The minimum atomic E-state index is -2.74. The molecule has 19 heavy (non-hydrogen) atoms. The van der Waals surface area contributed by atoms with Crippen molar-refractivity contribution in [3.8, 4) is 0 Å². The third-order valence-corrected chi connectivity index (χ3v) is 1.83. The van der Waals surface area contributed by atoms with Crippen LogP contribution in [-0.2, 0) is 14.4 Å². The molecule has 0 bridgehead atoms. The molecule has 5 N–H and O–H groups in total. The first kappa shape index (κ1) is 19.6. The van der Waals surface area contributed by atoms with Gasteiger partial charge in [-0.2, -0.15) is 0 Å². The first-order chi connectivity index (χ1) is 8.55. The van der Waals surface area contributed by atoms with Gasteiger partial charge in [0, 0.05) is 6.54 Å². The van der Waals surface area contributed by atoms with Crippen LogP contribution in [0.5, 0.6) is 0 Å². The second-order valence-electron chi connectivity index (χ2n) is 4.00. The van der Waals surface area contributed by atoms with Gasteiger partial charge in [-0.05, 0) is 14.1 Å². The molecule has 0 heterocycles. The molecule has 0 aliphatic heterocycles. The molecule has 0 atom stereocenters. The summed E-state index contributed by atoms with van der Waals surface area (Å²) in [6, 6.07) is 0. The molecule has 0 spiro atoms. The van der Waals surface area contributed by atoms with Crippen molar-refractivity contribution >= 4 is 17.9 Å². The Morgan fingerprint density at radius 3 is 1.47 bits per heavy atom. The van der Waals surface area contributed by atoms with Gasteiger partial charge >= 0.3 is 17.9 Å². The molecule has 0 radical (unpaired) electrons. The molecule has 0 amide bonds. The predicted molar refractivity (Wildman–Crippen MR) is 62.7 cm³/mol. The normalized spacial score (nSPS) is 10.6. The Hall–Kier alpha value is -1.71. The Morgan fingerprint density at radius 1 is 1.00 bits per heavy atom. The maximum absolute atomic E-state index is 10.3. The number of rotatable bonds is 7. The fraction of sp³-hybridized carbons (Fsp3) is 0.700. The first-order valence-electron chi connectivity index (χ1n) is 5.20. The molecule has 0 saturated carbocycles. The lowest BCUT2D eigenvalue weighted by atomic mass is 9.96. The lowest BCUT2D eigenvalue weighted by molar-refractivity contribution is -0.170. The molecule has 0 rings (SSSR count). The van der Waals surface area contributed by atoms with Crippen molar-refractivity contribution in [1.82, 2.24) is 4.90 Å². The Morgan fingerprint density at radius 2 is 1.37 bits per heavy atom. The third-order valence-electron chi connectivity index (χ3n) is 1.83. The van der Waals surface area contributed by atoms with Crippen LogP contribution in [0.25, 0.3) is 0 Å². The van der Waals surface area contributed by atoms with E-state index in [1.807, 2.05) is 19.0 Å². The minimum absolute atomic E-state index is 0.257. The summed E-state index contributed by atoms with van der Waals surface area (Å²) in [5.41, 5.74) is -2.74. The maximum Gasteiger partial charge on any atom is 0.336 e. The van der Waals surface area contributed by atoms with E-state index in [0.717, 1.165) is 6.54 Å². The fourth-order valence-electron chi connectivity index (χ4n) is 0.914. The highest BCUT2D eigenvalue weighted by Crippen LogP contribution is 2.15. The summed E-state index contributed by atoms with van der Waals surface area (Å²) in [6.07, 6.45) is -2.29. The van der Waals surface area contributed by atoms with Crippen molar-refractivity contribution < 1.29 is 39.9 Å². The van der Waals surface area contributed by atoms with Gasteiger partial charge in [0.15, 0.2) is 5.60 Å². The largest absolute Gasteiger partial charge is 0.481 e. The van der Waals surface area contributed by atoms with Crippen LogP contribution in [0.4, 0.5) is 0 Å². The van der Waals surface area contributed by atoms with Crippen molar-refractivity contribution in [2.45, 2.75) is 18.4 Å². The second-order valence-corrected chi connectivity index (χ2v) is 4.00. The lowest BCUT2D eigenvalue weighted by Crippen LogP contribution is -2.42. The SMILES string of the molecule is CN(C)CCO.O=C(O)CC(O)(CC(=O)O)C(=O)O. The summed E-state index contributed by atoms with van der Waals surface area (Å²) in [5.74, 6) is -5.02. The maximum atomic E-state index is 10.3. The number of hydrogen-bond donors (Lipinski definition) is 5. The van der Waals surface area contributed by atoms with Gasteiger partial charge in [0.1, 0.15) is 0 Å². The molecule has 0 aromatic carbocycles. The Bertz CT molecular complexity index is 299. The summed E-state index contributed by atoms with van der Waals surface area (Å²) in [6.45, 7) is 1.02. The zero-order chi connectivity index (χ0) is 15.6. The summed E-state index contributed by atoms with van der Waals surface area (Å²) in [5, 5.41) is 42.0. The zero-order valence-electron chi connectivity index (χ0n) is 10.7. The molecular formula is C10H19NO8. The Kier molecular flexibility index (Phi) is 9.56. The number of aliphatic carboxylic acids is 3. The molecule has 0 saturated heterocycles. The van der Waals surface area contributed by atoms with E-state index in [1.165, 1.54) is 0 Å². The number of carbonyl (C=O) groups is 3. The van der Waals surface area contributed by atoms with Gasteiger partial charge in [0.25, 0.3) is 0 Å². The molecule has 9 nitrogen and oxygen atoms in total. The highest BCUT2D eigenvalue weighted by atomic mass is 16.4. The van der Waals surface area contributed by atoms with E-state index in [-0.39, 0.29) is 6.61 Å². The van der Waals surface area contributed by atoms with Crippen LogP contribution in [0, 0.1) is 0 Å². The van der Waals surface area contributed by atoms with E-state index in [0.29, 0.717) is 0 Å². The molecule has 0 unspecified atom stereocenters. The number of aliphatic hydroxyl groups is 2. The van der Waals surface area contributed by atoms with E-state index < -0.39 is 36.4 Å². The smallest absolute Gasteiger partial charge is 0.336 e. The van der Waals surface area contributed by atoms with E-state index in [9.17, 15) is 14.4 Å². The topological polar surface area (TPSA) is 156 Å². The van der Waals surface area contributed by atoms with Crippen LogP contribution < -0.4 is 0 Å². The summed E-state index contributed by atoms with van der Waals surface area (Å²) >= 11 is 0. The fourth-order valence-corrected chi connectivity index (χ4v) is 0.914. The van der Waals surface area contributed by atoms with Crippen molar-refractivity contribution in [1.29, 1.82) is 0 Å². The molecule has 0 aliphatic rings. The van der Waals surface area contributed by atoms with Gasteiger partial charge < -0.3 is 30.4 Å².